The summed E-state index contributed by atoms with van der Waals surface area (Å²) < 4.78 is 5.65. The molecule has 2 aromatic rings. The quantitative estimate of drug-likeness (QED) is 0.942. The van der Waals surface area contributed by atoms with Crippen LogP contribution in [-0.2, 0) is 17.8 Å². The summed E-state index contributed by atoms with van der Waals surface area (Å²) >= 11 is 1.83. The second kappa shape index (κ2) is 6.34. The Morgan fingerprint density at radius 2 is 2.26 bits per heavy atom. The van der Waals surface area contributed by atoms with Crippen LogP contribution in [0.25, 0.3) is 0 Å². The molecule has 0 fully saturated rings. The first kappa shape index (κ1) is 14.7. The largest absolute Gasteiger partial charge is 0.493 e. The lowest BCUT2D eigenvalue weighted by molar-refractivity contribution is -0.123. The highest BCUT2D eigenvalue weighted by molar-refractivity contribution is 7.10. The van der Waals surface area contributed by atoms with Crippen LogP contribution in [-0.4, -0.2) is 30.5 Å². The smallest absolute Gasteiger partial charge is 0.234 e. The molecule has 1 N–H and O–H groups in total. The van der Waals surface area contributed by atoms with Gasteiger partial charge in [0, 0.05) is 30.0 Å². The molecule has 1 atom stereocenters. The summed E-state index contributed by atoms with van der Waals surface area (Å²) in [6.45, 7) is 2.97. The first-order chi connectivity index (χ1) is 11.3. The van der Waals surface area contributed by atoms with Crippen LogP contribution in [0.3, 0.4) is 0 Å². The molecular weight excluding hydrogens is 308 g/mol. The van der Waals surface area contributed by atoms with E-state index in [1.807, 2.05) is 35.6 Å². The third-order valence-corrected chi connectivity index (χ3v) is 5.57. The predicted molar refractivity (Wildman–Crippen MR) is 90.7 cm³/mol. The van der Waals surface area contributed by atoms with Crippen molar-refractivity contribution in [1.29, 1.82) is 0 Å². The summed E-state index contributed by atoms with van der Waals surface area (Å²) in [7, 11) is 0. The maximum absolute atomic E-state index is 12.4. The van der Waals surface area contributed by atoms with Gasteiger partial charge in [-0.15, -0.1) is 11.3 Å². The topological polar surface area (TPSA) is 41.6 Å². The Hall–Kier alpha value is -1.85. The fraction of sp³-hybridized carbons (Fsp3) is 0.389. The van der Waals surface area contributed by atoms with E-state index in [1.54, 1.807) is 0 Å². The van der Waals surface area contributed by atoms with Crippen molar-refractivity contribution in [2.45, 2.75) is 25.4 Å². The number of carbonyl (C=O) groups is 1. The standard InChI is InChI=1S/C18H20N2O2S/c21-18(12-20-8-5-17-13(11-20)7-10-23-17)19-15-6-9-22-16-4-2-1-3-14(15)16/h1-4,7,10,15H,5-6,8-9,11-12H2,(H,19,21)/t15-/m0/s1. The van der Waals surface area contributed by atoms with Crippen LogP contribution >= 0.6 is 11.3 Å². The van der Waals surface area contributed by atoms with Gasteiger partial charge in [0.15, 0.2) is 0 Å². The van der Waals surface area contributed by atoms with Crippen molar-refractivity contribution in [2.75, 3.05) is 19.7 Å². The number of para-hydroxylation sites is 1. The minimum absolute atomic E-state index is 0.0638. The minimum Gasteiger partial charge on any atom is -0.493 e. The van der Waals surface area contributed by atoms with E-state index < -0.39 is 0 Å². The fourth-order valence-electron chi connectivity index (χ4n) is 3.38. The minimum atomic E-state index is 0.0638. The van der Waals surface area contributed by atoms with Crippen molar-refractivity contribution in [3.8, 4) is 5.75 Å². The van der Waals surface area contributed by atoms with E-state index in [4.69, 9.17) is 4.74 Å². The van der Waals surface area contributed by atoms with E-state index in [2.05, 4.69) is 21.7 Å². The molecule has 1 aromatic heterocycles. The average Bonchev–Trinajstić information content (AvgIpc) is 3.03. The van der Waals surface area contributed by atoms with Crippen molar-refractivity contribution in [2.24, 2.45) is 0 Å². The summed E-state index contributed by atoms with van der Waals surface area (Å²) in [5.74, 6) is 0.996. The molecule has 4 rings (SSSR count). The summed E-state index contributed by atoms with van der Waals surface area (Å²) in [5.41, 5.74) is 2.47. The Balaban J connectivity index is 1.38. The number of amides is 1. The Kier molecular flexibility index (Phi) is 4.06. The molecule has 0 saturated heterocycles. The lowest BCUT2D eigenvalue weighted by Gasteiger charge is -2.29. The normalized spacial score (nSPS) is 20.3. The van der Waals surface area contributed by atoms with Crippen molar-refractivity contribution in [3.63, 3.8) is 0 Å². The molecule has 0 aliphatic carbocycles. The Labute approximate surface area is 140 Å². The van der Waals surface area contributed by atoms with E-state index >= 15 is 0 Å². The highest BCUT2D eigenvalue weighted by Gasteiger charge is 2.24. The number of fused-ring (bicyclic) bond motifs is 2. The summed E-state index contributed by atoms with van der Waals surface area (Å²) in [6.07, 6.45) is 1.89. The van der Waals surface area contributed by atoms with E-state index in [0.29, 0.717) is 13.2 Å². The van der Waals surface area contributed by atoms with Crippen molar-refractivity contribution >= 4 is 17.2 Å². The van der Waals surface area contributed by atoms with Crippen LogP contribution in [0.4, 0.5) is 0 Å². The molecule has 2 aliphatic heterocycles. The monoisotopic (exact) mass is 328 g/mol. The van der Waals surface area contributed by atoms with Gasteiger partial charge in [-0.1, -0.05) is 18.2 Å². The van der Waals surface area contributed by atoms with Gasteiger partial charge in [-0.05, 0) is 29.5 Å². The molecule has 23 heavy (non-hydrogen) atoms. The molecule has 0 bridgehead atoms. The summed E-state index contributed by atoms with van der Waals surface area (Å²) in [6, 6.07) is 10.2. The molecule has 0 spiro atoms. The maximum Gasteiger partial charge on any atom is 0.234 e. The van der Waals surface area contributed by atoms with Gasteiger partial charge in [0.05, 0.1) is 19.2 Å². The number of rotatable bonds is 3. The lowest BCUT2D eigenvalue weighted by Crippen LogP contribution is -2.41. The van der Waals surface area contributed by atoms with Crippen molar-refractivity contribution < 1.29 is 9.53 Å². The SMILES string of the molecule is O=C(CN1CCc2sccc2C1)N[C@H]1CCOc2ccccc21. The number of hydrogen-bond acceptors (Lipinski definition) is 4. The van der Waals surface area contributed by atoms with Crippen LogP contribution in [0.15, 0.2) is 35.7 Å². The molecule has 0 unspecified atom stereocenters. The number of carbonyl (C=O) groups excluding carboxylic acids is 1. The molecule has 0 saturated carbocycles. The van der Waals surface area contributed by atoms with Gasteiger partial charge >= 0.3 is 0 Å². The number of ether oxygens (including phenoxy) is 1. The summed E-state index contributed by atoms with van der Waals surface area (Å²) in [4.78, 5) is 16.2. The number of nitrogens with one attached hydrogen (secondary N) is 1. The Morgan fingerprint density at radius 3 is 3.22 bits per heavy atom. The number of nitrogens with zero attached hydrogens (tertiary/aromatic N) is 1. The molecule has 5 heteroatoms. The molecular formula is C18H20N2O2S. The van der Waals surface area contributed by atoms with Gasteiger partial charge in [0.2, 0.25) is 5.91 Å². The average molecular weight is 328 g/mol. The number of hydrogen-bond donors (Lipinski definition) is 1. The van der Waals surface area contributed by atoms with Crippen LogP contribution in [0.1, 0.15) is 28.5 Å². The van der Waals surface area contributed by atoms with Crippen molar-refractivity contribution in [3.05, 3.63) is 51.7 Å². The van der Waals surface area contributed by atoms with Gasteiger partial charge in [-0.25, -0.2) is 0 Å². The van der Waals surface area contributed by atoms with E-state index in [-0.39, 0.29) is 11.9 Å². The molecule has 4 nitrogen and oxygen atoms in total. The first-order valence-corrected chi connectivity index (χ1v) is 8.96. The highest BCUT2D eigenvalue weighted by Crippen LogP contribution is 2.31. The van der Waals surface area contributed by atoms with Gasteiger partial charge in [-0.2, -0.15) is 0 Å². The van der Waals surface area contributed by atoms with Gasteiger partial charge in [0.1, 0.15) is 5.75 Å². The van der Waals surface area contributed by atoms with Crippen LogP contribution in [0, 0.1) is 0 Å². The van der Waals surface area contributed by atoms with Crippen molar-refractivity contribution in [1.82, 2.24) is 10.2 Å². The molecule has 1 amide bonds. The van der Waals surface area contributed by atoms with Gasteiger partial charge in [-0.3, -0.25) is 9.69 Å². The first-order valence-electron chi connectivity index (χ1n) is 8.08. The molecule has 1 aromatic carbocycles. The number of benzene rings is 1. The zero-order valence-electron chi connectivity index (χ0n) is 13.0. The highest BCUT2D eigenvalue weighted by atomic mass is 32.1. The fourth-order valence-corrected chi connectivity index (χ4v) is 4.27. The zero-order valence-corrected chi connectivity index (χ0v) is 13.8. The molecule has 120 valence electrons. The summed E-state index contributed by atoms with van der Waals surface area (Å²) in [5, 5.41) is 5.33. The van der Waals surface area contributed by atoms with Crippen LogP contribution < -0.4 is 10.1 Å². The third-order valence-electron chi connectivity index (χ3n) is 4.55. The van der Waals surface area contributed by atoms with Crippen LogP contribution in [0.5, 0.6) is 5.75 Å². The van der Waals surface area contributed by atoms with Gasteiger partial charge < -0.3 is 10.1 Å². The lowest BCUT2D eigenvalue weighted by atomic mass is 10.0. The van der Waals surface area contributed by atoms with Gasteiger partial charge in [0.25, 0.3) is 0 Å². The second-order valence-electron chi connectivity index (χ2n) is 6.12. The molecule has 0 radical (unpaired) electrons. The van der Waals surface area contributed by atoms with E-state index in [1.165, 1.54) is 10.4 Å². The molecule has 2 aliphatic rings. The molecule has 3 heterocycles. The van der Waals surface area contributed by atoms with Crippen LogP contribution in [0.2, 0.25) is 0 Å². The Bertz CT molecular complexity index is 713. The zero-order chi connectivity index (χ0) is 15.6. The third kappa shape index (κ3) is 3.12. The van der Waals surface area contributed by atoms with E-state index in [9.17, 15) is 4.79 Å². The van der Waals surface area contributed by atoms with E-state index in [0.717, 1.165) is 37.2 Å². The maximum atomic E-state index is 12.4. The number of thiophene rings is 1. The Morgan fingerprint density at radius 1 is 1.35 bits per heavy atom. The predicted octanol–water partition coefficient (Wildman–Crippen LogP) is 2.75. The second-order valence-corrected chi connectivity index (χ2v) is 7.13.